The van der Waals surface area contributed by atoms with Crippen molar-refractivity contribution in [3.05, 3.63) is 33.9 Å². The van der Waals surface area contributed by atoms with Gasteiger partial charge in [-0.2, -0.15) is 0 Å². The van der Waals surface area contributed by atoms with Gasteiger partial charge in [0.05, 0.1) is 4.92 Å². The third kappa shape index (κ3) is 4.01. The first-order valence-electron chi connectivity index (χ1n) is 6.63. The van der Waals surface area contributed by atoms with Crippen LogP contribution in [-0.2, 0) is 4.79 Å². The maximum Gasteiger partial charge on any atom is 0.310 e. The molecular formula is C14H18N2O5. The fraction of sp³-hybridized carbons (Fsp3) is 0.429. The van der Waals surface area contributed by atoms with Gasteiger partial charge in [-0.15, -0.1) is 0 Å². The van der Waals surface area contributed by atoms with Crippen LogP contribution in [0.4, 0.5) is 5.69 Å². The minimum absolute atomic E-state index is 0.0855. The second kappa shape index (κ2) is 7.37. The fourth-order valence-corrected chi connectivity index (χ4v) is 1.88. The molecule has 0 spiro atoms. The highest BCUT2D eigenvalue weighted by Crippen LogP contribution is 2.28. The number of rotatable bonds is 7. The molecule has 0 fully saturated rings. The summed E-state index contributed by atoms with van der Waals surface area (Å²) in [7, 11) is 0. The summed E-state index contributed by atoms with van der Waals surface area (Å²) in [6.45, 7) is 6.25. The summed E-state index contributed by atoms with van der Waals surface area (Å²) in [6.07, 6.45) is -0.307. The first-order valence-corrected chi connectivity index (χ1v) is 6.63. The van der Waals surface area contributed by atoms with E-state index in [0.717, 1.165) is 0 Å². The first-order chi connectivity index (χ1) is 9.94. The van der Waals surface area contributed by atoms with E-state index >= 15 is 0 Å². The molecule has 0 aliphatic rings. The number of nitro benzene ring substituents is 1. The fourth-order valence-electron chi connectivity index (χ4n) is 1.88. The Morgan fingerprint density at radius 2 is 2.05 bits per heavy atom. The van der Waals surface area contributed by atoms with Crippen LogP contribution in [0, 0.1) is 10.1 Å². The molecule has 0 N–H and O–H groups in total. The molecule has 0 radical (unpaired) electrons. The molecule has 0 saturated heterocycles. The number of likely N-dealkylation sites (N-methyl/N-ethyl adjacent to an activating group) is 1. The largest absolute Gasteiger partial charge is 0.474 e. The molecule has 7 nitrogen and oxygen atoms in total. The molecule has 21 heavy (non-hydrogen) atoms. The number of hydrogen-bond acceptors (Lipinski definition) is 5. The van der Waals surface area contributed by atoms with Gasteiger partial charge < -0.3 is 9.64 Å². The molecule has 1 rings (SSSR count). The predicted molar refractivity (Wildman–Crippen MR) is 76.5 cm³/mol. The molecular weight excluding hydrogens is 276 g/mol. The molecule has 0 aromatic heterocycles. The molecule has 1 aromatic carbocycles. The van der Waals surface area contributed by atoms with E-state index < -0.39 is 11.0 Å². The number of ether oxygens (including phenoxy) is 1. The normalized spacial score (nSPS) is 11.6. The monoisotopic (exact) mass is 294 g/mol. The van der Waals surface area contributed by atoms with Gasteiger partial charge in [0.25, 0.3) is 5.91 Å². The van der Waals surface area contributed by atoms with Crippen LogP contribution in [0.5, 0.6) is 5.75 Å². The second-order valence-corrected chi connectivity index (χ2v) is 4.37. The van der Waals surface area contributed by atoms with Crippen molar-refractivity contribution in [2.75, 3.05) is 13.1 Å². The van der Waals surface area contributed by atoms with Crippen LogP contribution >= 0.6 is 0 Å². The van der Waals surface area contributed by atoms with E-state index in [2.05, 4.69) is 0 Å². The highest BCUT2D eigenvalue weighted by Gasteiger charge is 2.24. The zero-order chi connectivity index (χ0) is 16.0. The van der Waals surface area contributed by atoms with Crippen LogP contribution in [0.1, 0.15) is 31.1 Å². The molecule has 0 aliphatic heterocycles. The van der Waals surface area contributed by atoms with Gasteiger partial charge in [0.15, 0.2) is 11.9 Å². The Labute approximate surface area is 122 Å². The number of nitrogens with zero attached hydrogens (tertiary/aromatic N) is 2. The Hall–Kier alpha value is -2.44. The highest BCUT2D eigenvalue weighted by atomic mass is 16.6. The van der Waals surface area contributed by atoms with Gasteiger partial charge in [0.2, 0.25) is 0 Å². The summed E-state index contributed by atoms with van der Waals surface area (Å²) in [5.74, 6) is -0.344. The Balaban J connectivity index is 3.02. The average Bonchev–Trinajstić information content (AvgIpc) is 2.47. The maximum absolute atomic E-state index is 12.1. The summed E-state index contributed by atoms with van der Waals surface area (Å²) in [5, 5.41) is 11.0. The maximum atomic E-state index is 12.1. The lowest BCUT2D eigenvalue weighted by atomic mass is 10.2. The average molecular weight is 294 g/mol. The van der Waals surface area contributed by atoms with Gasteiger partial charge in [-0.25, -0.2) is 0 Å². The van der Waals surface area contributed by atoms with Gasteiger partial charge in [-0.3, -0.25) is 19.7 Å². The summed E-state index contributed by atoms with van der Waals surface area (Å²) in [5.41, 5.74) is -0.0297. The van der Waals surface area contributed by atoms with Crippen molar-refractivity contribution in [3.8, 4) is 5.75 Å². The third-order valence-corrected chi connectivity index (χ3v) is 3.04. The van der Waals surface area contributed by atoms with Gasteiger partial charge in [-0.1, -0.05) is 0 Å². The van der Waals surface area contributed by atoms with Gasteiger partial charge in [-0.05, 0) is 32.9 Å². The molecule has 1 unspecified atom stereocenters. The van der Waals surface area contributed by atoms with E-state index in [1.54, 1.807) is 4.90 Å². The summed E-state index contributed by atoms with van der Waals surface area (Å²) >= 11 is 0. The number of carbonyl (C=O) groups excluding carboxylic acids is 2. The lowest BCUT2D eigenvalue weighted by Crippen LogP contribution is -2.40. The summed E-state index contributed by atoms with van der Waals surface area (Å²) < 4.78 is 5.40. The molecule has 1 aromatic rings. The standard InChI is InChI=1S/C14H18N2O5/c1-4-15(5-2)14(18)10(3)21-13-8-11(9-17)6-7-12(13)16(19)20/h6-10H,4-5H2,1-3H3. The van der Waals surface area contributed by atoms with E-state index in [1.807, 2.05) is 13.8 Å². The van der Waals surface area contributed by atoms with Crippen molar-refractivity contribution in [1.29, 1.82) is 0 Å². The van der Waals surface area contributed by atoms with E-state index in [1.165, 1.54) is 25.1 Å². The molecule has 0 saturated carbocycles. The lowest BCUT2D eigenvalue weighted by molar-refractivity contribution is -0.386. The molecule has 0 heterocycles. The van der Waals surface area contributed by atoms with Crippen LogP contribution in [-0.4, -0.2) is 41.2 Å². The number of benzene rings is 1. The van der Waals surface area contributed by atoms with Crippen LogP contribution in [0.15, 0.2) is 18.2 Å². The van der Waals surface area contributed by atoms with Crippen LogP contribution < -0.4 is 4.74 Å². The molecule has 1 atom stereocenters. The van der Waals surface area contributed by atoms with E-state index in [9.17, 15) is 19.7 Å². The van der Waals surface area contributed by atoms with E-state index in [-0.39, 0.29) is 22.9 Å². The van der Waals surface area contributed by atoms with Crippen LogP contribution in [0.25, 0.3) is 0 Å². The molecule has 1 amide bonds. The van der Waals surface area contributed by atoms with Crippen molar-refractivity contribution in [2.45, 2.75) is 26.9 Å². The molecule has 114 valence electrons. The minimum Gasteiger partial charge on any atom is -0.474 e. The van der Waals surface area contributed by atoms with Crippen LogP contribution in [0.2, 0.25) is 0 Å². The molecule has 0 aliphatic carbocycles. The molecule has 7 heteroatoms. The zero-order valence-electron chi connectivity index (χ0n) is 12.2. The summed E-state index contributed by atoms with van der Waals surface area (Å²) in [6, 6.07) is 3.78. The Kier molecular flexibility index (Phi) is 5.83. The second-order valence-electron chi connectivity index (χ2n) is 4.37. The van der Waals surface area contributed by atoms with Crippen LogP contribution in [0.3, 0.4) is 0 Å². The SMILES string of the molecule is CCN(CC)C(=O)C(C)Oc1cc(C=O)ccc1[N+](=O)[O-]. The number of aldehydes is 1. The van der Waals surface area contributed by atoms with Crippen molar-refractivity contribution < 1.29 is 19.2 Å². The van der Waals surface area contributed by atoms with E-state index in [4.69, 9.17) is 4.74 Å². The third-order valence-electron chi connectivity index (χ3n) is 3.04. The number of carbonyl (C=O) groups is 2. The lowest BCUT2D eigenvalue weighted by Gasteiger charge is -2.23. The topological polar surface area (TPSA) is 89.8 Å². The van der Waals surface area contributed by atoms with Gasteiger partial charge in [0, 0.05) is 24.7 Å². The van der Waals surface area contributed by atoms with Crippen molar-refractivity contribution in [2.24, 2.45) is 0 Å². The number of hydrogen-bond donors (Lipinski definition) is 0. The Bertz CT molecular complexity index is 540. The quantitative estimate of drug-likeness (QED) is 0.436. The number of amides is 1. The Morgan fingerprint density at radius 1 is 1.43 bits per heavy atom. The van der Waals surface area contributed by atoms with E-state index in [0.29, 0.717) is 19.4 Å². The van der Waals surface area contributed by atoms with Crippen molar-refractivity contribution in [3.63, 3.8) is 0 Å². The smallest absolute Gasteiger partial charge is 0.310 e. The Morgan fingerprint density at radius 3 is 2.52 bits per heavy atom. The van der Waals surface area contributed by atoms with Gasteiger partial charge >= 0.3 is 5.69 Å². The first kappa shape index (κ1) is 16.6. The van der Waals surface area contributed by atoms with Crippen molar-refractivity contribution in [1.82, 2.24) is 4.90 Å². The highest BCUT2D eigenvalue weighted by molar-refractivity contribution is 5.81. The predicted octanol–water partition coefficient (Wildman–Crippen LogP) is 2.04. The van der Waals surface area contributed by atoms with Gasteiger partial charge in [0.1, 0.15) is 6.29 Å². The molecule has 0 bridgehead atoms. The zero-order valence-corrected chi connectivity index (χ0v) is 12.2. The van der Waals surface area contributed by atoms with Crippen molar-refractivity contribution >= 4 is 17.9 Å². The summed E-state index contributed by atoms with van der Waals surface area (Å²) in [4.78, 5) is 34.8. The number of nitro groups is 1. The minimum atomic E-state index is -0.870.